The Labute approximate surface area is 159 Å². The summed E-state index contributed by atoms with van der Waals surface area (Å²) < 4.78 is 29.2. The number of rotatable bonds is 3. The van der Waals surface area contributed by atoms with Crippen molar-refractivity contribution in [2.24, 2.45) is 4.40 Å². The number of carbonyl (C=O) groups excluding carboxylic acids is 1. The molecule has 0 spiro atoms. The number of thioether (sulfide) groups is 1. The smallest absolute Gasteiger partial charge is 0.272 e. The second-order valence-corrected chi connectivity index (χ2v) is 10.0. The number of anilines is 1. The summed E-state index contributed by atoms with van der Waals surface area (Å²) in [4.78, 5) is 14.2. The molecule has 0 aromatic heterocycles. The molecule has 1 aliphatic heterocycles. The molecule has 3 rings (SSSR count). The van der Waals surface area contributed by atoms with Crippen LogP contribution < -0.4 is 4.90 Å². The van der Waals surface area contributed by atoms with Crippen molar-refractivity contribution in [3.8, 4) is 0 Å². The second kappa shape index (κ2) is 6.59. The van der Waals surface area contributed by atoms with Crippen molar-refractivity contribution in [3.63, 3.8) is 0 Å². The lowest BCUT2D eigenvalue weighted by Crippen LogP contribution is -2.36. The predicted molar refractivity (Wildman–Crippen MR) is 104 cm³/mol. The number of halogens is 1. The first kappa shape index (κ1) is 18.2. The van der Waals surface area contributed by atoms with Gasteiger partial charge in [-0.05, 0) is 50.2 Å². The molecule has 0 N–H and O–H groups in total. The lowest BCUT2D eigenvalue weighted by molar-refractivity contribution is -0.118. The summed E-state index contributed by atoms with van der Waals surface area (Å²) in [5.41, 5.74) is 0.593. The van der Waals surface area contributed by atoms with Crippen LogP contribution >= 0.6 is 27.7 Å². The van der Waals surface area contributed by atoms with Gasteiger partial charge in [-0.2, -0.15) is 8.42 Å². The Morgan fingerprint density at radius 2 is 1.64 bits per heavy atom. The Morgan fingerprint density at radius 3 is 2.24 bits per heavy atom. The lowest BCUT2D eigenvalue weighted by atomic mass is 10.1. The minimum Gasteiger partial charge on any atom is -0.272 e. The first-order valence-electron chi connectivity index (χ1n) is 7.40. The van der Waals surface area contributed by atoms with Gasteiger partial charge in [0.1, 0.15) is 0 Å². The van der Waals surface area contributed by atoms with Gasteiger partial charge in [0.15, 0.2) is 5.17 Å². The summed E-state index contributed by atoms with van der Waals surface area (Å²) in [6.45, 7) is 3.51. The number of sulfonamides is 1. The monoisotopic (exact) mass is 438 g/mol. The summed E-state index contributed by atoms with van der Waals surface area (Å²) in [6, 6.07) is 15.1. The van der Waals surface area contributed by atoms with Crippen molar-refractivity contribution in [1.29, 1.82) is 0 Å². The lowest BCUT2D eigenvalue weighted by Gasteiger charge is -2.17. The summed E-state index contributed by atoms with van der Waals surface area (Å²) in [5, 5.41) is 0.157. The molecule has 8 heteroatoms. The van der Waals surface area contributed by atoms with Crippen LogP contribution in [0.1, 0.15) is 13.8 Å². The van der Waals surface area contributed by atoms with Crippen LogP contribution in [0, 0.1) is 0 Å². The molecule has 0 unspecified atom stereocenters. The predicted octanol–water partition coefficient (Wildman–Crippen LogP) is 4.05. The quantitative estimate of drug-likeness (QED) is 0.724. The molecule has 2 aromatic carbocycles. The number of carbonyl (C=O) groups is 1. The molecule has 0 radical (unpaired) electrons. The SMILES string of the molecule is CC1(C)S/C(=N/S(=O)(=O)c2ccc(Br)cc2)N(c2ccccc2)C1=O. The third-order valence-corrected chi connectivity index (χ3v) is 6.65. The van der Waals surface area contributed by atoms with Crippen molar-refractivity contribution >= 4 is 54.5 Å². The molecular formula is C17H15BrN2O3S2. The Hall–Kier alpha value is -1.64. The normalized spacial score (nSPS) is 18.8. The molecule has 5 nitrogen and oxygen atoms in total. The largest absolute Gasteiger partial charge is 0.284 e. The molecule has 0 bridgehead atoms. The van der Waals surface area contributed by atoms with Gasteiger partial charge in [0.2, 0.25) is 5.91 Å². The minimum atomic E-state index is -3.92. The average molecular weight is 439 g/mol. The molecule has 1 aliphatic rings. The van der Waals surface area contributed by atoms with Crippen molar-refractivity contribution in [2.45, 2.75) is 23.5 Å². The van der Waals surface area contributed by atoms with Gasteiger partial charge in [-0.1, -0.05) is 45.9 Å². The number of para-hydroxylation sites is 1. The van der Waals surface area contributed by atoms with Crippen molar-refractivity contribution in [1.82, 2.24) is 0 Å². The topological polar surface area (TPSA) is 66.8 Å². The third kappa shape index (κ3) is 3.65. The zero-order chi connectivity index (χ0) is 18.2. The van der Waals surface area contributed by atoms with Gasteiger partial charge in [0.05, 0.1) is 15.3 Å². The van der Waals surface area contributed by atoms with Crippen LogP contribution in [0.3, 0.4) is 0 Å². The van der Waals surface area contributed by atoms with Gasteiger partial charge in [0, 0.05) is 4.47 Å². The van der Waals surface area contributed by atoms with E-state index in [0.29, 0.717) is 5.69 Å². The number of amides is 1. The maximum atomic E-state index is 12.7. The van der Waals surface area contributed by atoms with Crippen molar-refractivity contribution in [2.75, 3.05) is 4.90 Å². The molecule has 130 valence electrons. The first-order chi connectivity index (χ1) is 11.7. The van der Waals surface area contributed by atoms with Gasteiger partial charge in [-0.25, -0.2) is 0 Å². The zero-order valence-corrected chi connectivity index (χ0v) is 16.7. The molecular weight excluding hydrogens is 424 g/mol. The molecule has 25 heavy (non-hydrogen) atoms. The van der Waals surface area contributed by atoms with Crippen LogP contribution in [-0.2, 0) is 14.8 Å². The summed E-state index contributed by atoms with van der Waals surface area (Å²) >= 11 is 4.42. The van der Waals surface area contributed by atoms with Crippen LogP contribution in [0.4, 0.5) is 5.69 Å². The molecule has 1 saturated heterocycles. The first-order valence-corrected chi connectivity index (χ1v) is 10.4. The maximum Gasteiger partial charge on any atom is 0.284 e. The number of nitrogens with zero attached hydrogens (tertiary/aromatic N) is 2. The van der Waals surface area contributed by atoms with E-state index < -0.39 is 14.8 Å². The van der Waals surface area contributed by atoms with Crippen molar-refractivity contribution < 1.29 is 13.2 Å². The van der Waals surface area contributed by atoms with Gasteiger partial charge in [0.25, 0.3) is 10.0 Å². The fourth-order valence-electron chi connectivity index (χ4n) is 2.30. The van der Waals surface area contributed by atoms with E-state index >= 15 is 0 Å². The molecule has 0 atom stereocenters. The van der Waals surface area contributed by atoms with Gasteiger partial charge in [-0.3, -0.25) is 9.69 Å². The Balaban J connectivity index is 2.08. The summed E-state index contributed by atoms with van der Waals surface area (Å²) in [5.74, 6) is -0.201. The van der Waals surface area contributed by atoms with Crippen molar-refractivity contribution in [3.05, 3.63) is 59.1 Å². The average Bonchev–Trinajstić information content (AvgIpc) is 2.77. The van der Waals surface area contributed by atoms with Gasteiger partial charge < -0.3 is 0 Å². The van der Waals surface area contributed by atoms with E-state index in [4.69, 9.17) is 0 Å². The highest BCUT2D eigenvalue weighted by Gasteiger charge is 2.46. The van der Waals surface area contributed by atoms with Crippen LogP contribution in [0.25, 0.3) is 0 Å². The molecule has 1 fully saturated rings. The van der Waals surface area contributed by atoms with Gasteiger partial charge in [-0.15, -0.1) is 4.40 Å². The molecule has 0 aliphatic carbocycles. The third-order valence-electron chi connectivity index (χ3n) is 3.58. The fourth-order valence-corrected chi connectivity index (χ4v) is 4.80. The van der Waals surface area contributed by atoms with Gasteiger partial charge >= 0.3 is 0 Å². The van der Waals surface area contributed by atoms with E-state index in [1.165, 1.54) is 17.0 Å². The maximum absolute atomic E-state index is 12.7. The van der Waals surface area contributed by atoms with Crippen LogP contribution in [0.2, 0.25) is 0 Å². The minimum absolute atomic E-state index is 0.0777. The summed E-state index contributed by atoms with van der Waals surface area (Å²) in [7, 11) is -3.92. The molecule has 2 aromatic rings. The van der Waals surface area contributed by atoms with E-state index in [1.807, 2.05) is 6.07 Å². The highest BCUT2D eigenvalue weighted by molar-refractivity contribution is 9.10. The van der Waals surface area contributed by atoms with E-state index in [-0.39, 0.29) is 16.0 Å². The van der Waals surface area contributed by atoms with Crippen LogP contribution in [0.5, 0.6) is 0 Å². The van der Waals surface area contributed by atoms with E-state index in [0.717, 1.165) is 16.2 Å². The van der Waals surface area contributed by atoms with E-state index in [1.54, 1.807) is 50.2 Å². The zero-order valence-electron chi connectivity index (χ0n) is 13.5. The highest BCUT2D eigenvalue weighted by atomic mass is 79.9. The Kier molecular flexibility index (Phi) is 4.78. The number of hydrogen-bond donors (Lipinski definition) is 0. The standard InChI is InChI=1S/C17H15BrN2O3S2/c1-17(2)15(21)20(13-6-4-3-5-7-13)16(24-17)19-25(22,23)14-10-8-12(18)9-11-14/h3-11H,1-2H3/b19-16+. The Bertz CT molecular complexity index is 940. The fraction of sp³-hybridized carbons (Fsp3) is 0.176. The van der Waals surface area contributed by atoms with E-state index in [2.05, 4.69) is 20.3 Å². The molecule has 1 amide bonds. The number of amidine groups is 1. The molecule has 0 saturated carbocycles. The summed E-state index contributed by atoms with van der Waals surface area (Å²) in [6.07, 6.45) is 0. The number of benzene rings is 2. The van der Waals surface area contributed by atoms with E-state index in [9.17, 15) is 13.2 Å². The molecule has 1 heterocycles. The van der Waals surface area contributed by atoms with Crippen LogP contribution in [-0.4, -0.2) is 24.2 Å². The second-order valence-electron chi connectivity index (χ2n) is 5.89. The Morgan fingerprint density at radius 1 is 1.04 bits per heavy atom. The van der Waals surface area contributed by atoms with Crippen LogP contribution in [0.15, 0.2) is 68.4 Å². The number of hydrogen-bond acceptors (Lipinski definition) is 4. The highest BCUT2D eigenvalue weighted by Crippen LogP contribution is 2.40.